The lowest BCUT2D eigenvalue weighted by atomic mass is 10.4. The first kappa shape index (κ1) is 12.7. The van der Waals surface area contributed by atoms with Crippen LogP contribution < -0.4 is 10.5 Å². The number of hydrogen-bond acceptors (Lipinski definition) is 3. The van der Waals surface area contributed by atoms with Crippen molar-refractivity contribution in [3.05, 3.63) is 0 Å². The van der Waals surface area contributed by atoms with Gasteiger partial charge in [-0.15, -0.1) is 11.6 Å². The van der Waals surface area contributed by atoms with Crippen molar-refractivity contribution in [2.24, 2.45) is 5.73 Å². The SMILES string of the molecule is NC(=O)CCNS(=O)(=O)CCCCl. The van der Waals surface area contributed by atoms with E-state index in [1.807, 2.05) is 0 Å². The van der Waals surface area contributed by atoms with E-state index in [2.05, 4.69) is 4.72 Å². The molecule has 7 heteroatoms. The van der Waals surface area contributed by atoms with Crippen molar-refractivity contribution >= 4 is 27.5 Å². The van der Waals surface area contributed by atoms with Crippen molar-refractivity contribution in [3.8, 4) is 0 Å². The minimum Gasteiger partial charge on any atom is -0.370 e. The van der Waals surface area contributed by atoms with E-state index in [4.69, 9.17) is 17.3 Å². The van der Waals surface area contributed by atoms with E-state index < -0.39 is 15.9 Å². The lowest BCUT2D eigenvalue weighted by molar-refractivity contribution is -0.117. The second-order valence-corrected chi connectivity index (χ2v) is 4.78. The molecule has 0 saturated heterocycles. The van der Waals surface area contributed by atoms with Gasteiger partial charge in [0.05, 0.1) is 5.75 Å². The number of nitrogens with one attached hydrogen (secondary N) is 1. The van der Waals surface area contributed by atoms with E-state index in [-0.39, 0.29) is 18.7 Å². The van der Waals surface area contributed by atoms with Gasteiger partial charge in [-0.05, 0) is 6.42 Å². The van der Waals surface area contributed by atoms with Crippen LogP contribution in [0.4, 0.5) is 0 Å². The number of hydrogen-bond donors (Lipinski definition) is 2. The largest absolute Gasteiger partial charge is 0.370 e. The maximum Gasteiger partial charge on any atom is 0.218 e. The molecule has 0 radical (unpaired) electrons. The Bertz CT molecular complexity index is 253. The molecule has 1 amide bonds. The van der Waals surface area contributed by atoms with E-state index >= 15 is 0 Å². The Morgan fingerprint density at radius 2 is 2.08 bits per heavy atom. The molecule has 5 nitrogen and oxygen atoms in total. The van der Waals surface area contributed by atoms with Crippen molar-refractivity contribution in [3.63, 3.8) is 0 Å². The Labute approximate surface area is 82.7 Å². The number of carbonyl (C=O) groups is 1. The van der Waals surface area contributed by atoms with E-state index in [0.717, 1.165) is 0 Å². The molecule has 0 unspecified atom stereocenters. The van der Waals surface area contributed by atoms with Gasteiger partial charge < -0.3 is 5.73 Å². The molecule has 78 valence electrons. The molecule has 0 rings (SSSR count). The molecule has 0 aliphatic heterocycles. The summed E-state index contributed by atoms with van der Waals surface area (Å²) in [7, 11) is -3.28. The van der Waals surface area contributed by atoms with E-state index in [0.29, 0.717) is 12.3 Å². The van der Waals surface area contributed by atoms with Crippen LogP contribution in [-0.2, 0) is 14.8 Å². The Kier molecular flexibility index (Phi) is 6.02. The van der Waals surface area contributed by atoms with Gasteiger partial charge in [0.1, 0.15) is 0 Å². The van der Waals surface area contributed by atoms with Gasteiger partial charge in [0.25, 0.3) is 0 Å². The topological polar surface area (TPSA) is 89.3 Å². The van der Waals surface area contributed by atoms with Crippen LogP contribution in [0, 0.1) is 0 Å². The summed E-state index contributed by atoms with van der Waals surface area (Å²) < 4.78 is 24.3. The van der Waals surface area contributed by atoms with E-state index in [1.54, 1.807) is 0 Å². The smallest absolute Gasteiger partial charge is 0.218 e. The minimum absolute atomic E-state index is 0.0140. The summed E-state index contributed by atoms with van der Waals surface area (Å²) in [5.41, 5.74) is 4.83. The number of amides is 1. The molecule has 0 atom stereocenters. The number of alkyl halides is 1. The normalized spacial score (nSPS) is 11.5. The number of primary amides is 1. The maximum absolute atomic E-state index is 11.0. The van der Waals surface area contributed by atoms with Crippen LogP contribution in [0.5, 0.6) is 0 Å². The standard InChI is InChI=1S/C6H13ClN2O3S/c7-3-1-5-13(11,12)9-4-2-6(8)10/h9H,1-5H2,(H2,8,10). The summed E-state index contributed by atoms with van der Waals surface area (Å²) in [6.45, 7) is 0.0555. The van der Waals surface area contributed by atoms with Crippen molar-refractivity contribution < 1.29 is 13.2 Å². The molecule has 13 heavy (non-hydrogen) atoms. The van der Waals surface area contributed by atoms with Gasteiger partial charge in [-0.3, -0.25) is 4.79 Å². The van der Waals surface area contributed by atoms with Crippen LogP contribution in [-0.4, -0.2) is 32.5 Å². The summed E-state index contributed by atoms with van der Waals surface area (Å²) in [6, 6.07) is 0. The Hall–Kier alpha value is -0.330. The third-order valence-electron chi connectivity index (χ3n) is 1.24. The maximum atomic E-state index is 11.0. The van der Waals surface area contributed by atoms with Gasteiger partial charge in [-0.2, -0.15) is 0 Å². The lowest BCUT2D eigenvalue weighted by Gasteiger charge is -2.03. The first-order valence-electron chi connectivity index (χ1n) is 3.79. The summed E-state index contributed by atoms with van der Waals surface area (Å²) in [6.07, 6.45) is 0.410. The Morgan fingerprint density at radius 3 is 2.54 bits per heavy atom. The van der Waals surface area contributed by atoms with Gasteiger partial charge in [0.15, 0.2) is 0 Å². The van der Waals surface area contributed by atoms with E-state index in [1.165, 1.54) is 0 Å². The molecule has 0 aromatic rings. The quantitative estimate of drug-likeness (QED) is 0.571. The summed E-state index contributed by atoms with van der Waals surface area (Å²) in [5.74, 6) is -0.244. The Morgan fingerprint density at radius 1 is 1.46 bits per heavy atom. The average molecular weight is 229 g/mol. The Balaban J connectivity index is 3.70. The van der Waals surface area contributed by atoms with Crippen LogP contribution >= 0.6 is 11.6 Å². The monoisotopic (exact) mass is 228 g/mol. The fraction of sp³-hybridized carbons (Fsp3) is 0.833. The predicted molar refractivity (Wildman–Crippen MR) is 50.9 cm³/mol. The van der Waals surface area contributed by atoms with Crippen molar-refractivity contribution in [1.82, 2.24) is 4.72 Å². The number of nitrogens with two attached hydrogens (primary N) is 1. The molecule has 0 fully saturated rings. The molecule has 0 heterocycles. The molecular weight excluding hydrogens is 216 g/mol. The molecule has 0 aliphatic rings. The summed E-state index contributed by atoms with van der Waals surface area (Å²) in [4.78, 5) is 10.3. The van der Waals surface area contributed by atoms with Gasteiger partial charge in [-0.25, -0.2) is 13.1 Å². The van der Waals surface area contributed by atoms with Gasteiger partial charge in [0, 0.05) is 18.8 Å². The molecule has 0 aromatic carbocycles. The zero-order valence-electron chi connectivity index (χ0n) is 7.12. The van der Waals surface area contributed by atoms with Crippen molar-refractivity contribution in [1.29, 1.82) is 0 Å². The summed E-state index contributed by atoms with van der Waals surface area (Å²) in [5, 5.41) is 0. The van der Waals surface area contributed by atoms with Crippen LogP contribution in [0.3, 0.4) is 0 Å². The van der Waals surface area contributed by atoms with Crippen LogP contribution in [0.2, 0.25) is 0 Å². The highest BCUT2D eigenvalue weighted by Gasteiger charge is 2.08. The lowest BCUT2D eigenvalue weighted by Crippen LogP contribution is -2.30. The average Bonchev–Trinajstić information content (AvgIpc) is 2.00. The van der Waals surface area contributed by atoms with E-state index in [9.17, 15) is 13.2 Å². The number of carbonyl (C=O) groups excluding carboxylic acids is 1. The van der Waals surface area contributed by atoms with Gasteiger partial charge in [0.2, 0.25) is 15.9 Å². The third-order valence-corrected chi connectivity index (χ3v) is 2.98. The fourth-order valence-electron chi connectivity index (χ4n) is 0.646. The summed E-state index contributed by atoms with van der Waals surface area (Å²) >= 11 is 5.33. The zero-order valence-corrected chi connectivity index (χ0v) is 8.70. The minimum atomic E-state index is -3.28. The molecule has 0 saturated carbocycles. The van der Waals surface area contributed by atoms with Crippen molar-refractivity contribution in [2.45, 2.75) is 12.8 Å². The number of sulfonamides is 1. The number of rotatable bonds is 7. The highest BCUT2D eigenvalue weighted by Crippen LogP contribution is 1.91. The second kappa shape index (κ2) is 6.17. The zero-order chi connectivity index (χ0) is 10.3. The van der Waals surface area contributed by atoms with Gasteiger partial charge in [-0.1, -0.05) is 0 Å². The van der Waals surface area contributed by atoms with Crippen LogP contribution in [0.15, 0.2) is 0 Å². The molecular formula is C6H13ClN2O3S. The second-order valence-electron chi connectivity index (χ2n) is 2.47. The molecule has 0 bridgehead atoms. The first-order chi connectivity index (χ1) is 5.98. The highest BCUT2D eigenvalue weighted by atomic mass is 35.5. The van der Waals surface area contributed by atoms with Crippen LogP contribution in [0.1, 0.15) is 12.8 Å². The number of halogens is 1. The van der Waals surface area contributed by atoms with Crippen LogP contribution in [0.25, 0.3) is 0 Å². The first-order valence-corrected chi connectivity index (χ1v) is 5.98. The molecule has 0 aliphatic carbocycles. The van der Waals surface area contributed by atoms with Crippen molar-refractivity contribution in [2.75, 3.05) is 18.2 Å². The highest BCUT2D eigenvalue weighted by molar-refractivity contribution is 7.89. The third kappa shape index (κ3) is 8.01. The molecule has 0 aromatic heterocycles. The molecule has 0 spiro atoms. The predicted octanol–water partition coefficient (Wildman–Crippen LogP) is -0.590. The van der Waals surface area contributed by atoms with Gasteiger partial charge >= 0.3 is 0 Å². The fourth-order valence-corrected chi connectivity index (χ4v) is 2.02. The molecule has 3 N–H and O–H groups in total.